The average molecular weight is 499 g/mol. The van der Waals surface area contributed by atoms with Crippen LogP contribution >= 0.6 is 23.2 Å². The van der Waals surface area contributed by atoms with Crippen LogP contribution in [0.1, 0.15) is 16.7 Å². The van der Waals surface area contributed by atoms with Crippen LogP contribution in [-0.4, -0.2) is 17.8 Å². The molecule has 4 amide bonds. The molecule has 0 atom stereocenters. The lowest BCUT2D eigenvalue weighted by Crippen LogP contribution is -2.54. The van der Waals surface area contributed by atoms with Crippen molar-refractivity contribution in [1.82, 2.24) is 5.32 Å². The molecule has 3 aromatic carbocycles. The summed E-state index contributed by atoms with van der Waals surface area (Å²) in [5.41, 5.74) is 1.66. The molecule has 1 N–H and O–H groups in total. The fraction of sp³-hybridized carbons (Fsp3) is 0.0800. The quantitative estimate of drug-likeness (QED) is 0.362. The first-order valence-corrected chi connectivity index (χ1v) is 10.8. The maximum atomic E-state index is 13.2. The second-order valence-corrected chi connectivity index (χ2v) is 8.36. The molecule has 0 aromatic heterocycles. The molecular weight excluding hydrogens is 482 g/mol. The molecule has 1 fully saturated rings. The number of urea groups is 1. The molecule has 0 saturated carbocycles. The Labute approximate surface area is 204 Å². The van der Waals surface area contributed by atoms with Crippen molar-refractivity contribution in [2.24, 2.45) is 0 Å². The highest BCUT2D eigenvalue weighted by molar-refractivity contribution is 6.40. The number of imide groups is 2. The monoisotopic (exact) mass is 498 g/mol. The summed E-state index contributed by atoms with van der Waals surface area (Å²) in [5.74, 6) is -1.69. The minimum atomic E-state index is -0.878. The summed E-state index contributed by atoms with van der Waals surface area (Å²) in [4.78, 5) is 39.2. The lowest BCUT2D eigenvalue weighted by molar-refractivity contribution is -0.122. The van der Waals surface area contributed by atoms with Gasteiger partial charge in [0.05, 0.1) is 5.69 Å². The van der Waals surface area contributed by atoms with Crippen molar-refractivity contribution in [2.75, 3.05) is 4.90 Å². The lowest BCUT2D eigenvalue weighted by Gasteiger charge is -2.27. The zero-order valence-electron chi connectivity index (χ0n) is 17.8. The van der Waals surface area contributed by atoms with Crippen LogP contribution in [0.15, 0.2) is 66.2 Å². The van der Waals surface area contributed by atoms with Crippen molar-refractivity contribution in [1.29, 1.82) is 0 Å². The van der Waals surface area contributed by atoms with Gasteiger partial charge in [0.25, 0.3) is 11.8 Å². The Morgan fingerprint density at radius 1 is 0.971 bits per heavy atom. The molecular formula is C25H17Cl2FN2O4. The number of hydrogen-bond donors (Lipinski definition) is 1. The number of ether oxygens (including phenoxy) is 1. The average Bonchev–Trinajstić information content (AvgIpc) is 2.79. The highest BCUT2D eigenvalue weighted by atomic mass is 35.5. The first kappa shape index (κ1) is 23.5. The topological polar surface area (TPSA) is 75.7 Å². The Morgan fingerprint density at radius 3 is 2.38 bits per heavy atom. The molecule has 172 valence electrons. The van der Waals surface area contributed by atoms with Crippen molar-refractivity contribution in [3.63, 3.8) is 0 Å². The van der Waals surface area contributed by atoms with Crippen LogP contribution in [-0.2, 0) is 16.2 Å². The van der Waals surface area contributed by atoms with Gasteiger partial charge in [-0.25, -0.2) is 14.1 Å². The maximum Gasteiger partial charge on any atom is 0.335 e. The molecule has 34 heavy (non-hydrogen) atoms. The Balaban J connectivity index is 1.69. The third kappa shape index (κ3) is 4.95. The molecule has 6 nitrogen and oxygen atoms in total. The highest BCUT2D eigenvalue weighted by Gasteiger charge is 2.37. The number of carbonyl (C=O) groups excluding carboxylic acids is 3. The number of nitrogens with one attached hydrogen (secondary N) is 1. The van der Waals surface area contributed by atoms with Crippen LogP contribution in [0, 0.1) is 12.7 Å². The second-order valence-electron chi connectivity index (χ2n) is 7.49. The number of halogens is 3. The Bertz CT molecular complexity index is 1340. The van der Waals surface area contributed by atoms with Gasteiger partial charge in [-0.05, 0) is 66.6 Å². The van der Waals surface area contributed by atoms with E-state index >= 15 is 0 Å². The predicted octanol–water partition coefficient (Wildman–Crippen LogP) is 5.69. The van der Waals surface area contributed by atoms with E-state index in [1.165, 1.54) is 30.3 Å². The highest BCUT2D eigenvalue weighted by Crippen LogP contribution is 2.30. The summed E-state index contributed by atoms with van der Waals surface area (Å²) in [6, 6.07) is 14.4. The minimum Gasteiger partial charge on any atom is -0.488 e. The van der Waals surface area contributed by atoms with E-state index in [1.54, 1.807) is 43.3 Å². The molecule has 1 aliphatic rings. The molecule has 1 heterocycles. The van der Waals surface area contributed by atoms with Gasteiger partial charge in [-0.1, -0.05) is 41.4 Å². The summed E-state index contributed by atoms with van der Waals surface area (Å²) in [6.07, 6.45) is 1.31. The van der Waals surface area contributed by atoms with Crippen LogP contribution in [0.5, 0.6) is 5.75 Å². The second kappa shape index (κ2) is 9.67. The van der Waals surface area contributed by atoms with Crippen molar-refractivity contribution in [3.8, 4) is 5.75 Å². The van der Waals surface area contributed by atoms with E-state index in [-0.39, 0.29) is 23.7 Å². The van der Waals surface area contributed by atoms with E-state index in [9.17, 15) is 18.8 Å². The molecule has 1 saturated heterocycles. The number of aryl methyl sites for hydroxylation is 1. The van der Waals surface area contributed by atoms with E-state index in [4.69, 9.17) is 27.9 Å². The van der Waals surface area contributed by atoms with Crippen LogP contribution in [0.3, 0.4) is 0 Å². The van der Waals surface area contributed by atoms with Crippen molar-refractivity contribution in [3.05, 3.63) is 98.8 Å². The Morgan fingerprint density at radius 2 is 1.65 bits per heavy atom. The van der Waals surface area contributed by atoms with Crippen molar-refractivity contribution in [2.45, 2.75) is 13.5 Å². The summed E-state index contributed by atoms with van der Waals surface area (Å²) in [5, 5.41) is 2.86. The van der Waals surface area contributed by atoms with E-state index in [0.29, 0.717) is 26.9 Å². The fourth-order valence-corrected chi connectivity index (χ4v) is 3.71. The van der Waals surface area contributed by atoms with E-state index in [1.807, 2.05) is 0 Å². The Hall–Kier alpha value is -3.68. The largest absolute Gasteiger partial charge is 0.488 e. The van der Waals surface area contributed by atoms with Gasteiger partial charge in [-0.2, -0.15) is 0 Å². The standard InChI is InChI=1S/C25H17Cl2FN2O4/c1-14-2-5-18(27)12-21(14)30-24(32)20(23(31)29-25(30)33)11-16-10-17(26)6-9-22(16)34-13-15-3-7-19(28)8-4-15/h2-12H,13H2,1H3,(H,29,31,33)/b20-11+. The Kier molecular flexibility index (Phi) is 6.68. The van der Waals surface area contributed by atoms with Gasteiger partial charge < -0.3 is 4.74 Å². The van der Waals surface area contributed by atoms with Crippen LogP contribution < -0.4 is 15.0 Å². The van der Waals surface area contributed by atoms with Gasteiger partial charge in [0, 0.05) is 15.6 Å². The number of anilines is 1. The number of rotatable bonds is 5. The van der Waals surface area contributed by atoms with E-state index in [2.05, 4.69) is 5.32 Å². The first-order valence-electron chi connectivity index (χ1n) is 10.1. The molecule has 0 spiro atoms. The van der Waals surface area contributed by atoms with Crippen LogP contribution in [0.25, 0.3) is 6.08 Å². The van der Waals surface area contributed by atoms with Gasteiger partial charge in [0.2, 0.25) is 0 Å². The number of carbonyl (C=O) groups is 3. The summed E-state index contributed by atoms with van der Waals surface area (Å²) < 4.78 is 19.0. The molecule has 3 aromatic rings. The van der Waals surface area contributed by atoms with Gasteiger partial charge in [0.1, 0.15) is 23.7 Å². The molecule has 4 rings (SSSR count). The normalized spacial score (nSPS) is 15.0. The fourth-order valence-electron chi connectivity index (χ4n) is 3.36. The number of amides is 4. The van der Waals surface area contributed by atoms with Crippen molar-refractivity contribution < 1.29 is 23.5 Å². The molecule has 0 unspecified atom stereocenters. The number of hydrogen-bond acceptors (Lipinski definition) is 4. The molecule has 0 radical (unpaired) electrons. The van der Waals surface area contributed by atoms with E-state index < -0.39 is 17.8 Å². The van der Waals surface area contributed by atoms with Crippen LogP contribution in [0.2, 0.25) is 10.0 Å². The van der Waals surface area contributed by atoms with Gasteiger partial charge in [-0.3, -0.25) is 14.9 Å². The molecule has 0 aliphatic carbocycles. The van der Waals surface area contributed by atoms with Gasteiger partial charge in [-0.15, -0.1) is 0 Å². The number of nitrogens with zero attached hydrogens (tertiary/aromatic N) is 1. The summed E-state index contributed by atoms with van der Waals surface area (Å²) in [7, 11) is 0. The zero-order chi connectivity index (χ0) is 24.4. The van der Waals surface area contributed by atoms with E-state index in [0.717, 1.165) is 10.5 Å². The molecule has 1 aliphatic heterocycles. The smallest absolute Gasteiger partial charge is 0.335 e. The van der Waals surface area contributed by atoms with Gasteiger partial charge >= 0.3 is 6.03 Å². The SMILES string of the molecule is Cc1ccc(Cl)cc1N1C(=O)NC(=O)/C(=C\c2cc(Cl)ccc2OCc2ccc(F)cc2)C1=O. The lowest BCUT2D eigenvalue weighted by atomic mass is 10.0. The third-order valence-corrected chi connectivity index (χ3v) is 5.56. The molecule has 9 heteroatoms. The van der Waals surface area contributed by atoms with Crippen LogP contribution in [0.4, 0.5) is 14.9 Å². The van der Waals surface area contributed by atoms with Gasteiger partial charge in [0.15, 0.2) is 0 Å². The first-order chi connectivity index (χ1) is 16.2. The summed E-state index contributed by atoms with van der Waals surface area (Å²) >= 11 is 12.2. The van der Waals surface area contributed by atoms with Crippen molar-refractivity contribution >= 4 is 52.8 Å². The minimum absolute atomic E-state index is 0.116. The molecule has 0 bridgehead atoms. The number of barbiturate groups is 1. The predicted molar refractivity (Wildman–Crippen MR) is 127 cm³/mol. The summed E-state index contributed by atoms with van der Waals surface area (Å²) in [6.45, 7) is 1.83. The maximum absolute atomic E-state index is 13.2. The zero-order valence-corrected chi connectivity index (χ0v) is 19.3. The number of benzene rings is 3. The third-order valence-electron chi connectivity index (χ3n) is 5.09.